The molecule has 2 saturated heterocycles. The summed E-state index contributed by atoms with van der Waals surface area (Å²) < 4.78 is 13.6. The molecule has 5 rings (SSSR count). The third-order valence-electron chi connectivity index (χ3n) is 6.87. The van der Waals surface area contributed by atoms with Gasteiger partial charge in [-0.2, -0.15) is 0 Å². The first kappa shape index (κ1) is 24.1. The van der Waals surface area contributed by atoms with Gasteiger partial charge in [0.05, 0.1) is 30.3 Å². The first-order valence-corrected chi connectivity index (χ1v) is 12.2. The third kappa shape index (κ3) is 5.29. The Kier molecular flexibility index (Phi) is 7.06. The number of likely N-dealkylation sites (tertiary alicyclic amines) is 2. The van der Waals surface area contributed by atoms with Crippen molar-refractivity contribution in [2.45, 2.75) is 37.6 Å². The summed E-state index contributed by atoms with van der Waals surface area (Å²) in [4.78, 5) is 37.5. The van der Waals surface area contributed by atoms with Crippen LogP contribution >= 0.6 is 0 Å². The molecule has 36 heavy (non-hydrogen) atoms. The fraction of sp³-hybridized carbons (Fsp3) is 0.385. The Morgan fingerprint density at radius 1 is 1.08 bits per heavy atom. The summed E-state index contributed by atoms with van der Waals surface area (Å²) in [5, 5.41) is 7.38. The third-order valence-corrected chi connectivity index (χ3v) is 6.87. The smallest absolute Gasteiger partial charge is 0.257 e. The van der Waals surface area contributed by atoms with Crippen molar-refractivity contribution >= 4 is 34.1 Å². The molecule has 1 aromatic carbocycles. The number of alkyl halides is 1. The molecule has 2 fully saturated rings. The second-order valence-corrected chi connectivity index (χ2v) is 9.39. The van der Waals surface area contributed by atoms with Gasteiger partial charge in [0.1, 0.15) is 6.17 Å². The van der Waals surface area contributed by atoms with Crippen LogP contribution in [0.4, 0.5) is 15.8 Å². The maximum Gasteiger partial charge on any atom is 0.257 e. The number of halogens is 1. The standard InChI is InChI=1S/C26H30FN7O2/c27-17-14-23(28)34(15-17)24(35)16-33-12-7-19(8-13-33)31-22-4-3-21(25-20(22)2-1-9-30-25)26(36)32-18-5-10-29-11-6-18/h1-6,9-11,17,19,23,31H,7-8,12-16,28H2,(H,29,32,36)/t17-,23-/m0/s1. The minimum Gasteiger partial charge on any atom is -0.382 e. The van der Waals surface area contributed by atoms with Crippen LogP contribution in [0, 0.1) is 0 Å². The van der Waals surface area contributed by atoms with E-state index in [0.717, 1.165) is 37.0 Å². The molecule has 4 heterocycles. The number of nitrogens with zero attached hydrogens (tertiary/aromatic N) is 4. The van der Waals surface area contributed by atoms with Crippen molar-refractivity contribution in [1.29, 1.82) is 0 Å². The van der Waals surface area contributed by atoms with Crippen LogP contribution in [0.2, 0.25) is 0 Å². The summed E-state index contributed by atoms with van der Waals surface area (Å²) in [5.41, 5.74) is 8.62. The number of hydrogen-bond donors (Lipinski definition) is 3. The molecule has 2 aromatic heterocycles. The highest BCUT2D eigenvalue weighted by atomic mass is 19.1. The number of amides is 2. The van der Waals surface area contributed by atoms with E-state index in [1.165, 1.54) is 4.90 Å². The minimum absolute atomic E-state index is 0.0930. The Balaban J connectivity index is 1.22. The number of carbonyl (C=O) groups is 2. The molecule has 0 bridgehead atoms. The zero-order valence-corrected chi connectivity index (χ0v) is 19.9. The van der Waals surface area contributed by atoms with E-state index in [2.05, 4.69) is 25.5 Å². The molecular formula is C26H30FN7O2. The fourth-order valence-electron chi connectivity index (χ4n) is 4.95. The van der Waals surface area contributed by atoms with Gasteiger partial charge in [0.25, 0.3) is 5.91 Å². The normalized spacial score (nSPS) is 21.0. The minimum atomic E-state index is -1.03. The van der Waals surface area contributed by atoms with Crippen molar-refractivity contribution in [2.24, 2.45) is 5.73 Å². The van der Waals surface area contributed by atoms with Crippen LogP contribution in [0.5, 0.6) is 0 Å². The molecule has 0 unspecified atom stereocenters. The highest BCUT2D eigenvalue weighted by molar-refractivity contribution is 6.13. The van der Waals surface area contributed by atoms with Gasteiger partial charge in [0, 0.05) is 60.9 Å². The fourth-order valence-corrected chi connectivity index (χ4v) is 4.95. The Bertz CT molecular complexity index is 1230. The molecule has 4 N–H and O–H groups in total. The van der Waals surface area contributed by atoms with Gasteiger partial charge in [-0.1, -0.05) is 0 Å². The van der Waals surface area contributed by atoms with Crippen molar-refractivity contribution in [1.82, 2.24) is 19.8 Å². The summed E-state index contributed by atoms with van der Waals surface area (Å²) in [5.74, 6) is -0.335. The van der Waals surface area contributed by atoms with E-state index in [-0.39, 0.29) is 37.4 Å². The number of fused-ring (bicyclic) bond motifs is 1. The van der Waals surface area contributed by atoms with Crippen LogP contribution in [0.25, 0.3) is 10.9 Å². The number of carbonyl (C=O) groups excluding carboxylic acids is 2. The van der Waals surface area contributed by atoms with E-state index in [1.54, 1.807) is 36.8 Å². The average Bonchev–Trinajstić information content (AvgIpc) is 3.23. The molecule has 3 aromatic rings. The van der Waals surface area contributed by atoms with E-state index >= 15 is 0 Å². The first-order chi connectivity index (χ1) is 17.5. The highest BCUT2D eigenvalue weighted by Crippen LogP contribution is 2.28. The lowest BCUT2D eigenvalue weighted by Gasteiger charge is -2.34. The quantitative estimate of drug-likeness (QED) is 0.485. The zero-order chi connectivity index (χ0) is 25.1. The number of rotatable bonds is 6. The average molecular weight is 492 g/mol. The number of benzene rings is 1. The van der Waals surface area contributed by atoms with Crippen LogP contribution in [0.1, 0.15) is 29.6 Å². The predicted molar refractivity (Wildman–Crippen MR) is 136 cm³/mol. The number of aromatic nitrogens is 2. The van der Waals surface area contributed by atoms with Gasteiger partial charge < -0.3 is 21.3 Å². The summed E-state index contributed by atoms with van der Waals surface area (Å²) >= 11 is 0. The number of pyridine rings is 2. The lowest BCUT2D eigenvalue weighted by Crippen LogP contribution is -2.48. The van der Waals surface area contributed by atoms with E-state index < -0.39 is 12.3 Å². The second-order valence-electron chi connectivity index (χ2n) is 9.39. The monoisotopic (exact) mass is 491 g/mol. The van der Waals surface area contributed by atoms with E-state index in [9.17, 15) is 14.0 Å². The molecule has 10 heteroatoms. The lowest BCUT2D eigenvalue weighted by molar-refractivity contribution is -0.133. The molecule has 2 atom stereocenters. The Morgan fingerprint density at radius 3 is 2.58 bits per heavy atom. The summed E-state index contributed by atoms with van der Waals surface area (Å²) in [6.07, 6.45) is 5.31. The number of nitrogens with one attached hydrogen (secondary N) is 2. The van der Waals surface area contributed by atoms with Gasteiger partial charge in [-0.3, -0.25) is 24.5 Å². The van der Waals surface area contributed by atoms with E-state index in [0.29, 0.717) is 16.8 Å². The molecule has 2 amide bonds. The van der Waals surface area contributed by atoms with Crippen LogP contribution in [0.3, 0.4) is 0 Å². The van der Waals surface area contributed by atoms with Crippen molar-refractivity contribution in [3.05, 3.63) is 60.6 Å². The predicted octanol–water partition coefficient (Wildman–Crippen LogP) is 2.61. The molecule has 2 aliphatic heterocycles. The first-order valence-electron chi connectivity index (χ1n) is 12.2. The van der Waals surface area contributed by atoms with Crippen molar-refractivity contribution in [2.75, 3.05) is 36.8 Å². The molecule has 188 valence electrons. The lowest BCUT2D eigenvalue weighted by atomic mass is 10.0. The Labute approximate surface area is 208 Å². The Morgan fingerprint density at radius 2 is 1.86 bits per heavy atom. The maximum absolute atomic E-state index is 13.6. The molecule has 9 nitrogen and oxygen atoms in total. The molecular weight excluding hydrogens is 461 g/mol. The number of nitrogens with two attached hydrogens (primary N) is 1. The second kappa shape index (κ2) is 10.5. The van der Waals surface area contributed by atoms with Crippen molar-refractivity contribution < 1.29 is 14.0 Å². The number of anilines is 2. The highest BCUT2D eigenvalue weighted by Gasteiger charge is 2.34. The van der Waals surface area contributed by atoms with Crippen molar-refractivity contribution in [3.63, 3.8) is 0 Å². The molecule has 0 radical (unpaired) electrons. The topological polar surface area (TPSA) is 116 Å². The van der Waals surface area contributed by atoms with Gasteiger partial charge in [-0.25, -0.2) is 4.39 Å². The number of piperidine rings is 1. The molecule has 0 aliphatic carbocycles. The number of hydrogen-bond acceptors (Lipinski definition) is 7. The maximum atomic E-state index is 13.6. The zero-order valence-electron chi connectivity index (χ0n) is 19.9. The van der Waals surface area contributed by atoms with E-state index in [4.69, 9.17) is 5.73 Å². The summed E-state index contributed by atoms with van der Waals surface area (Å²) in [6, 6.07) is 11.2. The van der Waals surface area contributed by atoms with E-state index in [1.807, 2.05) is 18.2 Å². The van der Waals surface area contributed by atoms with Crippen LogP contribution < -0.4 is 16.4 Å². The summed E-state index contributed by atoms with van der Waals surface area (Å²) in [7, 11) is 0. The molecule has 0 saturated carbocycles. The van der Waals surface area contributed by atoms with Gasteiger partial charge in [-0.15, -0.1) is 0 Å². The van der Waals surface area contributed by atoms with Gasteiger partial charge >= 0.3 is 0 Å². The van der Waals surface area contributed by atoms with Gasteiger partial charge in [-0.05, 0) is 49.2 Å². The van der Waals surface area contributed by atoms with Crippen molar-refractivity contribution in [3.8, 4) is 0 Å². The summed E-state index contributed by atoms with van der Waals surface area (Å²) in [6.45, 7) is 1.87. The SMILES string of the molecule is N[C@@H]1C[C@H](F)CN1C(=O)CN1CCC(Nc2ccc(C(=O)Nc3ccncc3)c3ncccc23)CC1. The van der Waals surface area contributed by atoms with Crippen LogP contribution in [-0.4, -0.2) is 76.1 Å². The van der Waals surface area contributed by atoms with Gasteiger partial charge in [0.2, 0.25) is 5.91 Å². The van der Waals surface area contributed by atoms with Crippen LogP contribution in [0.15, 0.2) is 55.0 Å². The van der Waals surface area contributed by atoms with Gasteiger partial charge in [0.15, 0.2) is 0 Å². The Hall–Kier alpha value is -3.63. The van der Waals surface area contributed by atoms with Crippen LogP contribution in [-0.2, 0) is 4.79 Å². The molecule has 2 aliphatic rings. The molecule has 0 spiro atoms. The largest absolute Gasteiger partial charge is 0.382 e.